The molecule has 1 rings (SSSR count). The van der Waals surface area contributed by atoms with Crippen LogP contribution in [-0.2, 0) is 19.2 Å². The van der Waals surface area contributed by atoms with Crippen molar-refractivity contribution < 1.29 is 29.4 Å². The van der Waals surface area contributed by atoms with Gasteiger partial charge < -0.3 is 10.2 Å². The van der Waals surface area contributed by atoms with Gasteiger partial charge in [0.05, 0.1) is 0 Å². The van der Waals surface area contributed by atoms with Gasteiger partial charge in [-0.3, -0.25) is 9.59 Å². The Morgan fingerprint density at radius 3 is 1.79 bits per heavy atom. The van der Waals surface area contributed by atoms with Gasteiger partial charge in [0.2, 0.25) is 6.29 Å². The molecule has 0 bridgehead atoms. The van der Waals surface area contributed by atoms with Crippen LogP contribution in [0.3, 0.4) is 0 Å². The van der Waals surface area contributed by atoms with Gasteiger partial charge >= 0.3 is 11.9 Å². The molecule has 0 amide bonds. The molecule has 0 aromatic heterocycles. The van der Waals surface area contributed by atoms with E-state index in [4.69, 9.17) is 19.8 Å². The Kier molecular flexibility index (Phi) is 7.14. The quantitative estimate of drug-likeness (QED) is 0.477. The minimum atomic E-state index is -1.43. The van der Waals surface area contributed by atoms with Crippen molar-refractivity contribution in [3.8, 4) is 0 Å². The zero-order chi connectivity index (χ0) is 14.8. The van der Waals surface area contributed by atoms with Gasteiger partial charge in [0.25, 0.3) is 0 Å². The van der Waals surface area contributed by atoms with Gasteiger partial charge in [-0.1, -0.05) is 30.3 Å². The SMILES string of the molecule is CC(=O)C(=CC(=O)O)c1ccccc1.O=CC(=O)O. The lowest BCUT2D eigenvalue weighted by molar-refractivity contribution is -0.143. The van der Waals surface area contributed by atoms with E-state index in [0.717, 1.165) is 6.08 Å². The van der Waals surface area contributed by atoms with Crippen LogP contribution < -0.4 is 0 Å². The molecule has 0 aliphatic carbocycles. The van der Waals surface area contributed by atoms with E-state index in [2.05, 4.69) is 0 Å². The Labute approximate surface area is 109 Å². The summed E-state index contributed by atoms with van der Waals surface area (Å²) in [7, 11) is 0. The second-order valence-corrected chi connectivity index (χ2v) is 3.27. The lowest BCUT2D eigenvalue weighted by Crippen LogP contribution is -2.00. The van der Waals surface area contributed by atoms with Crippen LogP contribution in [0.1, 0.15) is 12.5 Å². The Bertz CT molecular complexity index is 501. The molecular weight excluding hydrogens is 252 g/mol. The van der Waals surface area contributed by atoms with Gasteiger partial charge in [0.1, 0.15) is 0 Å². The van der Waals surface area contributed by atoms with Crippen molar-refractivity contribution in [2.24, 2.45) is 0 Å². The minimum absolute atomic E-state index is 0.167. The third kappa shape index (κ3) is 7.22. The van der Waals surface area contributed by atoms with Gasteiger partial charge in [-0.15, -0.1) is 0 Å². The highest BCUT2D eigenvalue weighted by molar-refractivity contribution is 6.22. The maximum absolute atomic E-state index is 11.1. The van der Waals surface area contributed by atoms with Crippen LogP contribution in [0, 0.1) is 0 Å². The standard InChI is InChI=1S/C11H10O3.C2H2O3/c1-8(12)10(7-11(13)14)9-5-3-2-4-6-9;3-1-2(4)5/h2-7H,1H3,(H,13,14);1H,(H,4,5). The number of carbonyl (C=O) groups is 4. The number of benzene rings is 1. The summed E-state index contributed by atoms with van der Waals surface area (Å²) in [4.78, 5) is 39.5. The van der Waals surface area contributed by atoms with E-state index in [0.29, 0.717) is 5.56 Å². The van der Waals surface area contributed by atoms with Crippen molar-refractivity contribution in [3.05, 3.63) is 42.0 Å². The first kappa shape index (κ1) is 16.2. The molecule has 6 heteroatoms. The third-order valence-corrected chi connectivity index (χ3v) is 1.83. The molecule has 0 aliphatic rings. The fraction of sp³-hybridized carbons (Fsp3) is 0.0769. The fourth-order valence-corrected chi connectivity index (χ4v) is 1.13. The van der Waals surface area contributed by atoms with Crippen molar-refractivity contribution in [2.75, 3.05) is 0 Å². The van der Waals surface area contributed by atoms with Crippen molar-refractivity contribution in [2.45, 2.75) is 6.92 Å². The minimum Gasteiger partial charge on any atom is -0.478 e. The predicted octanol–water partition coefficient (Wildman–Crippen LogP) is 1.01. The Hall–Kier alpha value is -2.76. The molecule has 0 saturated heterocycles. The van der Waals surface area contributed by atoms with Crippen LogP contribution in [0.2, 0.25) is 0 Å². The molecule has 0 radical (unpaired) electrons. The average Bonchev–Trinajstić information content (AvgIpc) is 2.37. The molecule has 2 N–H and O–H groups in total. The normalized spacial score (nSPS) is 9.84. The van der Waals surface area contributed by atoms with E-state index in [1.807, 2.05) is 6.07 Å². The van der Waals surface area contributed by atoms with Gasteiger partial charge in [0, 0.05) is 11.6 Å². The molecule has 0 heterocycles. The number of aliphatic carboxylic acids is 2. The first-order chi connectivity index (χ1) is 8.88. The van der Waals surface area contributed by atoms with Crippen LogP contribution in [0.25, 0.3) is 5.57 Å². The molecule has 1 aromatic carbocycles. The Morgan fingerprint density at radius 1 is 1.00 bits per heavy atom. The smallest absolute Gasteiger partial charge is 0.368 e. The summed E-state index contributed by atoms with van der Waals surface area (Å²) in [5.74, 6) is -2.79. The second-order valence-electron chi connectivity index (χ2n) is 3.27. The number of aldehydes is 1. The highest BCUT2D eigenvalue weighted by atomic mass is 16.4. The summed E-state index contributed by atoms with van der Waals surface area (Å²) in [6.45, 7) is 1.35. The van der Waals surface area contributed by atoms with Crippen molar-refractivity contribution in [1.82, 2.24) is 0 Å². The van der Waals surface area contributed by atoms with E-state index in [9.17, 15) is 9.59 Å². The molecule has 0 saturated carbocycles. The summed E-state index contributed by atoms with van der Waals surface area (Å²) in [6, 6.07) is 8.73. The number of carboxylic acid groups (broad SMARTS) is 2. The molecule has 6 nitrogen and oxygen atoms in total. The van der Waals surface area contributed by atoms with Crippen LogP contribution in [0.5, 0.6) is 0 Å². The highest BCUT2D eigenvalue weighted by Crippen LogP contribution is 2.14. The highest BCUT2D eigenvalue weighted by Gasteiger charge is 2.08. The summed E-state index contributed by atoms with van der Waals surface area (Å²) in [5.41, 5.74) is 0.848. The van der Waals surface area contributed by atoms with E-state index in [1.54, 1.807) is 24.3 Å². The molecule has 0 fully saturated rings. The number of Topliss-reactive ketones (excluding diaryl/α,β-unsaturated/α-hetero) is 1. The van der Waals surface area contributed by atoms with E-state index in [-0.39, 0.29) is 17.6 Å². The number of hydrogen-bond acceptors (Lipinski definition) is 4. The number of allylic oxidation sites excluding steroid dienone is 1. The fourth-order valence-electron chi connectivity index (χ4n) is 1.13. The average molecular weight is 264 g/mol. The van der Waals surface area contributed by atoms with Crippen LogP contribution >= 0.6 is 0 Å². The predicted molar refractivity (Wildman–Crippen MR) is 66.4 cm³/mol. The molecule has 0 aliphatic heterocycles. The topological polar surface area (TPSA) is 109 Å². The van der Waals surface area contributed by atoms with Crippen molar-refractivity contribution in [3.63, 3.8) is 0 Å². The maximum Gasteiger partial charge on any atom is 0.368 e. The molecule has 1 aromatic rings. The Balaban J connectivity index is 0.000000555. The maximum atomic E-state index is 11.1. The van der Waals surface area contributed by atoms with Gasteiger partial charge in [-0.2, -0.15) is 0 Å². The lowest BCUT2D eigenvalue weighted by atomic mass is 10.0. The number of hydrogen-bond donors (Lipinski definition) is 2. The molecule has 19 heavy (non-hydrogen) atoms. The summed E-state index contributed by atoms with van der Waals surface area (Å²) >= 11 is 0. The zero-order valence-electron chi connectivity index (χ0n) is 10.1. The Morgan fingerprint density at radius 2 is 1.47 bits per heavy atom. The first-order valence-corrected chi connectivity index (χ1v) is 5.07. The first-order valence-electron chi connectivity index (χ1n) is 5.07. The molecular formula is C13H12O6. The lowest BCUT2D eigenvalue weighted by Gasteiger charge is -2.01. The molecule has 100 valence electrons. The van der Waals surface area contributed by atoms with Crippen molar-refractivity contribution in [1.29, 1.82) is 0 Å². The van der Waals surface area contributed by atoms with E-state index >= 15 is 0 Å². The van der Waals surface area contributed by atoms with E-state index in [1.165, 1.54) is 6.92 Å². The zero-order valence-corrected chi connectivity index (χ0v) is 10.1. The van der Waals surface area contributed by atoms with Crippen LogP contribution in [0.15, 0.2) is 36.4 Å². The van der Waals surface area contributed by atoms with Gasteiger partial charge in [-0.05, 0) is 12.5 Å². The largest absolute Gasteiger partial charge is 0.478 e. The molecule has 0 atom stereocenters. The van der Waals surface area contributed by atoms with Gasteiger partial charge in [-0.25, -0.2) is 9.59 Å². The number of carboxylic acids is 2. The number of ketones is 1. The van der Waals surface area contributed by atoms with Crippen LogP contribution in [0.4, 0.5) is 0 Å². The molecule has 0 unspecified atom stereocenters. The number of rotatable bonds is 4. The van der Waals surface area contributed by atoms with Crippen LogP contribution in [-0.4, -0.2) is 34.2 Å². The number of carbonyl (C=O) groups excluding carboxylic acids is 2. The monoisotopic (exact) mass is 264 g/mol. The van der Waals surface area contributed by atoms with E-state index < -0.39 is 11.9 Å². The molecule has 0 spiro atoms. The second kappa shape index (κ2) is 8.35. The summed E-state index contributed by atoms with van der Waals surface area (Å²) in [6.07, 6.45) is 0.762. The summed E-state index contributed by atoms with van der Waals surface area (Å²) in [5, 5.41) is 15.9. The van der Waals surface area contributed by atoms with Crippen molar-refractivity contribution >= 4 is 29.6 Å². The van der Waals surface area contributed by atoms with Gasteiger partial charge in [0.15, 0.2) is 5.78 Å². The third-order valence-electron chi connectivity index (χ3n) is 1.83. The summed E-state index contributed by atoms with van der Waals surface area (Å²) < 4.78 is 0.